The number of carbonyl (C=O) groups is 1. The molecule has 40 heavy (non-hydrogen) atoms. The normalized spacial score (nSPS) is 11.0. The predicted molar refractivity (Wildman–Crippen MR) is 167 cm³/mol. The molecule has 7 heteroatoms. The molecule has 1 amide bonds. The monoisotopic (exact) mass is 629 g/mol. The van der Waals surface area contributed by atoms with Crippen LogP contribution in [0.25, 0.3) is 22.4 Å². The lowest BCUT2D eigenvalue weighted by atomic mass is 9.88. The van der Waals surface area contributed by atoms with Gasteiger partial charge < -0.3 is 5.32 Å². The molecule has 1 heterocycles. The first-order valence-electron chi connectivity index (χ1n) is 12.8. The van der Waals surface area contributed by atoms with E-state index in [0.717, 1.165) is 38.0 Å². The lowest BCUT2D eigenvalue weighted by Gasteiger charge is -2.18. The predicted octanol–water partition coefficient (Wildman–Crippen LogP) is 9.03. The second kappa shape index (κ2) is 12.8. The average molecular weight is 631 g/mol. The van der Waals surface area contributed by atoms with Crippen LogP contribution < -0.4 is 5.32 Å². The van der Waals surface area contributed by atoms with Crippen LogP contribution in [0.5, 0.6) is 0 Å². The molecule has 0 spiro atoms. The van der Waals surface area contributed by atoms with Gasteiger partial charge in [-0.25, -0.2) is 9.97 Å². The number of hydrogen-bond acceptors (Lipinski definition) is 3. The van der Waals surface area contributed by atoms with Crippen molar-refractivity contribution in [2.45, 2.75) is 25.8 Å². The third-order valence-electron chi connectivity index (χ3n) is 6.69. The minimum atomic E-state index is -0.0815. The van der Waals surface area contributed by atoms with Crippen LogP contribution >= 0.6 is 39.1 Å². The average Bonchev–Trinajstić information content (AvgIpc) is 2.96. The molecule has 1 aromatic heterocycles. The fourth-order valence-electron chi connectivity index (χ4n) is 4.78. The fourth-order valence-corrected chi connectivity index (χ4v) is 5.54. The molecular weight excluding hydrogens is 605 g/mol. The number of carbonyl (C=O) groups excluding carboxylic acids is 1. The molecule has 1 N–H and O–H groups in total. The summed E-state index contributed by atoms with van der Waals surface area (Å²) in [5, 5.41) is 4.08. The zero-order valence-electron chi connectivity index (χ0n) is 21.7. The van der Waals surface area contributed by atoms with E-state index in [1.165, 1.54) is 0 Å². The quantitative estimate of drug-likeness (QED) is 0.186. The molecule has 0 unspecified atom stereocenters. The van der Waals surface area contributed by atoms with E-state index in [4.69, 9.17) is 33.2 Å². The Morgan fingerprint density at radius 2 is 1.48 bits per heavy atom. The van der Waals surface area contributed by atoms with Crippen molar-refractivity contribution < 1.29 is 4.79 Å². The summed E-state index contributed by atoms with van der Waals surface area (Å²) in [7, 11) is 0. The van der Waals surface area contributed by atoms with Gasteiger partial charge in [-0.3, -0.25) is 4.79 Å². The number of nitrogens with one attached hydrogen (secondary N) is 1. The number of aryl methyl sites for hydroxylation is 1. The second-order valence-corrected chi connectivity index (χ2v) is 11.2. The summed E-state index contributed by atoms with van der Waals surface area (Å²) < 4.78 is 0.976. The van der Waals surface area contributed by atoms with E-state index in [1.54, 1.807) is 12.1 Å². The van der Waals surface area contributed by atoms with Crippen molar-refractivity contribution in [1.82, 2.24) is 15.3 Å². The fraction of sp³-hybridized carbons (Fsp3) is 0.121. The van der Waals surface area contributed by atoms with Gasteiger partial charge >= 0.3 is 0 Å². The van der Waals surface area contributed by atoms with E-state index >= 15 is 0 Å². The second-order valence-electron chi connectivity index (χ2n) is 9.43. The van der Waals surface area contributed by atoms with Crippen molar-refractivity contribution in [2.24, 2.45) is 0 Å². The van der Waals surface area contributed by atoms with Gasteiger partial charge in [0.1, 0.15) is 5.82 Å². The van der Waals surface area contributed by atoms with Gasteiger partial charge in [0.2, 0.25) is 5.91 Å². The lowest BCUT2D eigenvalue weighted by molar-refractivity contribution is -0.121. The zero-order chi connectivity index (χ0) is 28.1. The van der Waals surface area contributed by atoms with Crippen LogP contribution in [0, 0.1) is 6.92 Å². The molecule has 5 aromatic rings. The van der Waals surface area contributed by atoms with E-state index in [9.17, 15) is 4.79 Å². The molecule has 0 bridgehead atoms. The maximum Gasteiger partial charge on any atom is 0.221 e. The van der Waals surface area contributed by atoms with Crippen LogP contribution in [0.2, 0.25) is 10.0 Å². The molecule has 0 saturated carbocycles. The number of aromatic nitrogens is 2. The molecule has 200 valence electrons. The summed E-state index contributed by atoms with van der Waals surface area (Å²) in [6.07, 6.45) is 0.305. The summed E-state index contributed by atoms with van der Waals surface area (Å²) in [5.74, 6) is 0.360. The van der Waals surface area contributed by atoms with Gasteiger partial charge in [-0.15, -0.1) is 0 Å². The first-order valence-corrected chi connectivity index (χ1v) is 14.4. The third kappa shape index (κ3) is 6.61. The molecule has 4 aromatic carbocycles. The van der Waals surface area contributed by atoms with Crippen molar-refractivity contribution >= 4 is 45.0 Å². The standard InChI is InChI=1S/C33H26BrCl2N3O/c1-21-32(24-12-14-25(34)15-13-24)33(27-17-16-26(35)18-29(27)36)39-30(38-21)20-37-31(40)19-28(22-8-4-2-5-9-22)23-10-6-3-7-11-23/h2-18,28H,19-20H2,1H3,(H,37,40). The van der Waals surface area contributed by atoms with E-state index in [-0.39, 0.29) is 18.4 Å². The molecule has 0 aliphatic carbocycles. The van der Waals surface area contributed by atoms with Crippen LogP contribution in [-0.4, -0.2) is 15.9 Å². The van der Waals surface area contributed by atoms with Crippen LogP contribution in [0.4, 0.5) is 0 Å². The van der Waals surface area contributed by atoms with Crippen molar-refractivity contribution in [3.63, 3.8) is 0 Å². The Hall–Kier alpha value is -3.51. The Labute approximate surface area is 252 Å². The van der Waals surface area contributed by atoms with Gasteiger partial charge in [-0.05, 0) is 53.9 Å². The molecular formula is C33H26BrCl2N3O. The molecule has 0 aliphatic rings. The molecule has 0 saturated heterocycles. The minimum absolute atomic E-state index is 0.0618. The minimum Gasteiger partial charge on any atom is -0.349 e. The van der Waals surface area contributed by atoms with Crippen LogP contribution in [0.3, 0.4) is 0 Å². The van der Waals surface area contributed by atoms with E-state index in [1.807, 2.05) is 73.7 Å². The summed E-state index contributed by atoms with van der Waals surface area (Å²) in [6, 6.07) is 33.5. The highest BCUT2D eigenvalue weighted by Gasteiger charge is 2.20. The first-order chi connectivity index (χ1) is 19.4. The zero-order valence-corrected chi connectivity index (χ0v) is 24.8. The highest BCUT2D eigenvalue weighted by molar-refractivity contribution is 9.10. The number of rotatable bonds is 8. The van der Waals surface area contributed by atoms with Gasteiger partial charge in [-0.2, -0.15) is 0 Å². The Kier molecular flexibility index (Phi) is 8.95. The highest BCUT2D eigenvalue weighted by Crippen LogP contribution is 2.37. The number of amides is 1. The van der Waals surface area contributed by atoms with Crippen molar-refractivity contribution in [3.05, 3.63) is 140 Å². The van der Waals surface area contributed by atoms with Crippen molar-refractivity contribution in [2.75, 3.05) is 0 Å². The van der Waals surface area contributed by atoms with E-state index in [0.29, 0.717) is 28.0 Å². The molecule has 0 radical (unpaired) electrons. The maximum atomic E-state index is 13.2. The molecule has 0 fully saturated rings. The highest BCUT2D eigenvalue weighted by atomic mass is 79.9. The summed E-state index contributed by atoms with van der Waals surface area (Å²) >= 11 is 16.3. The van der Waals surface area contributed by atoms with Gasteiger partial charge in [0.25, 0.3) is 0 Å². The Morgan fingerprint density at radius 3 is 2.08 bits per heavy atom. The van der Waals surface area contributed by atoms with Crippen molar-refractivity contribution in [1.29, 1.82) is 0 Å². The Bertz CT molecular complexity index is 1590. The molecule has 0 atom stereocenters. The number of benzene rings is 4. The largest absolute Gasteiger partial charge is 0.349 e. The molecule has 0 aliphatic heterocycles. The summed E-state index contributed by atoms with van der Waals surface area (Å²) in [5.41, 5.74) is 6.24. The Morgan fingerprint density at radius 1 is 0.850 bits per heavy atom. The Balaban J connectivity index is 1.44. The first kappa shape index (κ1) is 28.0. The van der Waals surface area contributed by atoms with E-state index < -0.39 is 0 Å². The molecule has 5 rings (SSSR count). The van der Waals surface area contributed by atoms with Crippen LogP contribution in [0.1, 0.15) is 35.0 Å². The number of hydrogen-bond donors (Lipinski definition) is 1. The van der Waals surface area contributed by atoms with Crippen LogP contribution in [0.15, 0.2) is 108 Å². The van der Waals surface area contributed by atoms with Crippen molar-refractivity contribution in [3.8, 4) is 22.4 Å². The lowest BCUT2D eigenvalue weighted by Crippen LogP contribution is -2.26. The van der Waals surface area contributed by atoms with Crippen LogP contribution in [-0.2, 0) is 11.3 Å². The third-order valence-corrected chi connectivity index (χ3v) is 7.77. The SMILES string of the molecule is Cc1nc(CNC(=O)CC(c2ccccc2)c2ccccc2)nc(-c2ccc(Cl)cc2Cl)c1-c1ccc(Br)cc1. The van der Waals surface area contributed by atoms with Gasteiger partial charge in [-0.1, -0.05) is 112 Å². The van der Waals surface area contributed by atoms with Gasteiger partial charge in [0, 0.05) is 38.7 Å². The van der Waals surface area contributed by atoms with E-state index in [2.05, 4.69) is 45.5 Å². The van der Waals surface area contributed by atoms with Gasteiger partial charge in [0.15, 0.2) is 0 Å². The summed E-state index contributed by atoms with van der Waals surface area (Å²) in [6.45, 7) is 2.13. The topological polar surface area (TPSA) is 54.9 Å². The maximum absolute atomic E-state index is 13.2. The number of nitrogens with zero attached hydrogens (tertiary/aromatic N) is 2. The summed E-state index contributed by atoms with van der Waals surface area (Å²) in [4.78, 5) is 22.9. The number of halogens is 3. The smallest absolute Gasteiger partial charge is 0.221 e. The molecule has 4 nitrogen and oxygen atoms in total. The van der Waals surface area contributed by atoms with Gasteiger partial charge in [0.05, 0.1) is 17.3 Å².